The first-order chi connectivity index (χ1) is 9.77. The third-order valence-corrected chi connectivity index (χ3v) is 2.33. The minimum Gasteiger partial charge on any atom is -0.485 e. The predicted octanol–water partition coefficient (Wildman–Crippen LogP) is 1.30. The predicted molar refractivity (Wildman–Crippen MR) is 61.4 cm³/mol. The Kier molecular flexibility index (Phi) is 5.51. The molecule has 0 aliphatic heterocycles. The van der Waals surface area contributed by atoms with Crippen molar-refractivity contribution < 1.29 is 36.6 Å². The summed E-state index contributed by atoms with van der Waals surface area (Å²) >= 11 is 0. The lowest BCUT2D eigenvalue weighted by atomic mass is 10.2. The van der Waals surface area contributed by atoms with Crippen LogP contribution in [0.4, 0.5) is 17.6 Å². The van der Waals surface area contributed by atoms with Crippen molar-refractivity contribution in [1.82, 2.24) is 5.32 Å². The lowest BCUT2D eigenvalue weighted by Gasteiger charge is -2.17. The highest BCUT2D eigenvalue weighted by atomic mass is 19.2. The molecule has 1 aromatic rings. The van der Waals surface area contributed by atoms with E-state index in [0.29, 0.717) is 0 Å². The molecule has 1 rings (SSSR count). The molecule has 1 amide bonds. The molecule has 0 bridgehead atoms. The number of nitrogens with one attached hydrogen (secondary N) is 1. The Balaban J connectivity index is 2.95. The second-order valence-electron chi connectivity index (χ2n) is 3.88. The molecule has 1 N–H and O–H groups in total. The van der Waals surface area contributed by atoms with Gasteiger partial charge in [-0.25, -0.2) is 13.6 Å². The Morgan fingerprint density at radius 3 is 2.14 bits per heavy atom. The normalized spacial score (nSPS) is 11.7. The number of benzene rings is 1. The third kappa shape index (κ3) is 4.07. The van der Waals surface area contributed by atoms with Crippen molar-refractivity contribution in [3.05, 3.63) is 29.3 Å². The average molecular weight is 309 g/mol. The number of amides is 1. The number of ether oxygens (including phenoxy) is 2. The first-order valence-electron chi connectivity index (χ1n) is 5.58. The molecule has 116 valence electrons. The van der Waals surface area contributed by atoms with E-state index in [-0.39, 0.29) is 6.07 Å². The summed E-state index contributed by atoms with van der Waals surface area (Å²) in [5.41, 5.74) is 0. The van der Waals surface area contributed by atoms with Gasteiger partial charge in [0.25, 0.3) is 0 Å². The average Bonchev–Trinajstić information content (AvgIpc) is 2.42. The van der Waals surface area contributed by atoms with Crippen LogP contribution in [0.25, 0.3) is 0 Å². The van der Waals surface area contributed by atoms with Gasteiger partial charge in [-0.05, 0) is 0 Å². The molecule has 1 atom stereocenters. The molecule has 0 saturated carbocycles. The Morgan fingerprint density at radius 2 is 1.71 bits per heavy atom. The molecule has 0 aliphatic rings. The van der Waals surface area contributed by atoms with Gasteiger partial charge in [0.05, 0.1) is 7.11 Å². The highest BCUT2D eigenvalue weighted by Gasteiger charge is 2.25. The number of carbonyl (C=O) groups is 2. The van der Waals surface area contributed by atoms with Gasteiger partial charge in [-0.15, -0.1) is 0 Å². The highest BCUT2D eigenvalue weighted by Crippen LogP contribution is 2.26. The summed E-state index contributed by atoms with van der Waals surface area (Å²) in [7, 11) is 1.01. The van der Waals surface area contributed by atoms with Crippen LogP contribution in [0, 0.1) is 23.3 Å². The molecule has 0 saturated heterocycles. The molecule has 0 aromatic heterocycles. The standard InChI is InChI=1S/C12H11F4NO4/c1-5(18)17-8(12(19)20-2)4-21-11-9(15)6(13)3-7(14)10(11)16/h3,8H,4H2,1-2H3,(H,17,18). The summed E-state index contributed by atoms with van der Waals surface area (Å²) < 4.78 is 61.5. The number of halogens is 4. The molecule has 0 aliphatic carbocycles. The smallest absolute Gasteiger partial charge is 0.331 e. The summed E-state index contributed by atoms with van der Waals surface area (Å²) in [6.07, 6.45) is 0. The molecule has 0 radical (unpaired) electrons. The molecule has 1 aromatic carbocycles. The highest BCUT2D eigenvalue weighted by molar-refractivity contribution is 5.83. The summed E-state index contributed by atoms with van der Waals surface area (Å²) in [5, 5.41) is 2.10. The second-order valence-corrected chi connectivity index (χ2v) is 3.88. The Labute approximate surface area is 116 Å². The van der Waals surface area contributed by atoms with Gasteiger partial charge in [0, 0.05) is 13.0 Å². The van der Waals surface area contributed by atoms with Gasteiger partial charge >= 0.3 is 5.97 Å². The van der Waals surface area contributed by atoms with Crippen LogP contribution in [0.2, 0.25) is 0 Å². The van der Waals surface area contributed by atoms with Crippen molar-refractivity contribution in [1.29, 1.82) is 0 Å². The van der Waals surface area contributed by atoms with E-state index in [1.165, 1.54) is 0 Å². The fourth-order valence-corrected chi connectivity index (χ4v) is 1.40. The van der Waals surface area contributed by atoms with Crippen LogP contribution in [0.5, 0.6) is 5.75 Å². The Bertz CT molecular complexity index is 538. The van der Waals surface area contributed by atoms with E-state index in [2.05, 4.69) is 14.8 Å². The van der Waals surface area contributed by atoms with E-state index in [9.17, 15) is 27.2 Å². The molecule has 21 heavy (non-hydrogen) atoms. The van der Waals surface area contributed by atoms with Crippen molar-refractivity contribution >= 4 is 11.9 Å². The molecule has 9 heteroatoms. The third-order valence-electron chi connectivity index (χ3n) is 2.33. The van der Waals surface area contributed by atoms with E-state index in [1.807, 2.05) is 0 Å². The molecule has 1 unspecified atom stereocenters. The van der Waals surface area contributed by atoms with Crippen molar-refractivity contribution in [2.45, 2.75) is 13.0 Å². The maximum Gasteiger partial charge on any atom is 0.331 e. The zero-order valence-electron chi connectivity index (χ0n) is 11.0. The first kappa shape index (κ1) is 16.7. The number of hydrogen-bond acceptors (Lipinski definition) is 4. The van der Waals surface area contributed by atoms with E-state index in [1.54, 1.807) is 0 Å². The minimum absolute atomic E-state index is 0.0170. The quantitative estimate of drug-likeness (QED) is 0.506. The monoisotopic (exact) mass is 309 g/mol. The fraction of sp³-hybridized carbons (Fsp3) is 0.333. The SMILES string of the molecule is COC(=O)C(COc1c(F)c(F)cc(F)c1F)NC(C)=O. The molecule has 0 heterocycles. The van der Waals surface area contributed by atoms with Gasteiger partial charge in [0.2, 0.25) is 17.5 Å². The number of carbonyl (C=O) groups excluding carboxylic acids is 2. The maximum atomic E-state index is 13.3. The maximum absolute atomic E-state index is 13.3. The van der Waals surface area contributed by atoms with E-state index in [0.717, 1.165) is 14.0 Å². The van der Waals surface area contributed by atoms with Crippen LogP contribution in [-0.2, 0) is 14.3 Å². The molecule has 5 nitrogen and oxygen atoms in total. The zero-order valence-corrected chi connectivity index (χ0v) is 11.0. The fourth-order valence-electron chi connectivity index (χ4n) is 1.40. The van der Waals surface area contributed by atoms with Gasteiger partial charge in [-0.1, -0.05) is 0 Å². The van der Waals surface area contributed by atoms with Gasteiger partial charge in [0.15, 0.2) is 23.4 Å². The Hall–Kier alpha value is -2.32. The van der Waals surface area contributed by atoms with Crippen molar-refractivity contribution in [2.75, 3.05) is 13.7 Å². The topological polar surface area (TPSA) is 64.6 Å². The van der Waals surface area contributed by atoms with Crippen molar-refractivity contribution in [3.63, 3.8) is 0 Å². The van der Waals surface area contributed by atoms with Crippen LogP contribution in [-0.4, -0.2) is 31.6 Å². The summed E-state index contributed by atoms with van der Waals surface area (Å²) in [6.45, 7) is 0.307. The minimum atomic E-state index is -1.75. The van der Waals surface area contributed by atoms with Gasteiger partial charge in [-0.3, -0.25) is 4.79 Å². The summed E-state index contributed by atoms with van der Waals surface area (Å²) in [4.78, 5) is 22.2. The van der Waals surface area contributed by atoms with Crippen molar-refractivity contribution in [3.8, 4) is 5.75 Å². The molecule has 0 spiro atoms. The number of esters is 1. The zero-order chi connectivity index (χ0) is 16.2. The lowest BCUT2D eigenvalue weighted by Crippen LogP contribution is -2.44. The van der Waals surface area contributed by atoms with Crippen LogP contribution >= 0.6 is 0 Å². The van der Waals surface area contributed by atoms with Gasteiger partial charge in [-0.2, -0.15) is 8.78 Å². The summed E-state index contributed by atoms with van der Waals surface area (Å²) in [5.74, 6) is -9.73. The first-order valence-corrected chi connectivity index (χ1v) is 5.58. The summed E-state index contributed by atoms with van der Waals surface area (Å²) in [6, 6.07) is -1.37. The van der Waals surface area contributed by atoms with E-state index >= 15 is 0 Å². The van der Waals surface area contributed by atoms with Crippen molar-refractivity contribution in [2.24, 2.45) is 0 Å². The van der Waals surface area contributed by atoms with Crippen LogP contribution in [0.3, 0.4) is 0 Å². The molecular weight excluding hydrogens is 298 g/mol. The molecule has 0 fully saturated rings. The molecular formula is C12H11F4NO4. The lowest BCUT2D eigenvalue weighted by molar-refractivity contribution is -0.145. The number of methoxy groups -OCH3 is 1. The van der Waals surface area contributed by atoms with Gasteiger partial charge < -0.3 is 14.8 Å². The largest absolute Gasteiger partial charge is 0.485 e. The van der Waals surface area contributed by atoms with Gasteiger partial charge in [0.1, 0.15) is 6.61 Å². The van der Waals surface area contributed by atoms with E-state index < -0.39 is 53.5 Å². The number of hydrogen-bond donors (Lipinski definition) is 1. The van der Waals surface area contributed by atoms with Crippen LogP contribution in [0.1, 0.15) is 6.92 Å². The van der Waals surface area contributed by atoms with Crippen LogP contribution in [0.15, 0.2) is 6.07 Å². The second kappa shape index (κ2) is 6.91. The number of rotatable bonds is 5. The van der Waals surface area contributed by atoms with E-state index in [4.69, 9.17) is 0 Å². The Morgan fingerprint density at radius 1 is 1.19 bits per heavy atom. The van der Waals surface area contributed by atoms with Crippen LogP contribution < -0.4 is 10.1 Å².